The predicted octanol–water partition coefficient (Wildman–Crippen LogP) is 5.35. The van der Waals surface area contributed by atoms with Crippen LogP contribution >= 0.6 is 0 Å². The lowest BCUT2D eigenvalue weighted by Gasteiger charge is -2.20. The number of para-hydroxylation sites is 1. The molecular weight excluding hydrogens is 446 g/mol. The Morgan fingerprint density at radius 1 is 1.11 bits per heavy atom. The van der Waals surface area contributed by atoms with Gasteiger partial charge in [-0.25, -0.2) is 0 Å². The first-order chi connectivity index (χ1) is 16.9. The number of carbonyl (C=O) groups excluding carboxylic acids is 1. The van der Waals surface area contributed by atoms with Gasteiger partial charge in [0.1, 0.15) is 0 Å². The van der Waals surface area contributed by atoms with Gasteiger partial charge >= 0.3 is 0 Å². The van der Waals surface area contributed by atoms with E-state index in [1.165, 1.54) is 12.1 Å². The molecule has 1 atom stereocenters. The van der Waals surface area contributed by atoms with Crippen molar-refractivity contribution in [3.63, 3.8) is 0 Å². The quantitative estimate of drug-likeness (QED) is 0.252. The summed E-state index contributed by atoms with van der Waals surface area (Å²) in [6.07, 6.45) is 1.95. The van der Waals surface area contributed by atoms with Crippen molar-refractivity contribution in [3.05, 3.63) is 99.2 Å². The maximum Gasteiger partial charge on any atom is 0.273 e. The van der Waals surface area contributed by atoms with Crippen molar-refractivity contribution in [2.75, 3.05) is 20.3 Å². The molecule has 35 heavy (non-hydrogen) atoms. The maximum absolute atomic E-state index is 13.1. The molecule has 4 rings (SSSR count). The zero-order chi connectivity index (χ0) is 24.9. The number of nitro groups is 1. The number of aromatic amines is 1. The minimum Gasteiger partial charge on any atom is -0.493 e. The van der Waals surface area contributed by atoms with E-state index < -0.39 is 4.92 Å². The van der Waals surface area contributed by atoms with E-state index in [0.29, 0.717) is 23.7 Å². The van der Waals surface area contributed by atoms with Gasteiger partial charge in [-0.2, -0.15) is 0 Å². The van der Waals surface area contributed by atoms with Crippen LogP contribution < -0.4 is 14.8 Å². The number of rotatable bonds is 9. The summed E-state index contributed by atoms with van der Waals surface area (Å²) < 4.78 is 11.2. The highest BCUT2D eigenvalue weighted by atomic mass is 16.6. The molecule has 0 aliphatic heterocycles. The van der Waals surface area contributed by atoms with Gasteiger partial charge < -0.3 is 19.8 Å². The normalized spacial score (nSPS) is 11.7. The second-order valence-electron chi connectivity index (χ2n) is 8.10. The minimum absolute atomic E-state index is 0.0814. The number of aromatic nitrogens is 1. The molecule has 1 heterocycles. The molecule has 2 N–H and O–H groups in total. The molecule has 1 aromatic heterocycles. The zero-order valence-corrected chi connectivity index (χ0v) is 19.8. The minimum atomic E-state index is -0.479. The van der Waals surface area contributed by atoms with Gasteiger partial charge in [-0.15, -0.1) is 0 Å². The zero-order valence-electron chi connectivity index (χ0n) is 19.8. The number of nitro benzene ring substituents is 1. The average molecular weight is 474 g/mol. The number of hydrogen-bond acceptors (Lipinski definition) is 5. The number of fused-ring (bicyclic) bond motifs is 1. The van der Waals surface area contributed by atoms with Crippen molar-refractivity contribution in [2.24, 2.45) is 0 Å². The summed E-state index contributed by atoms with van der Waals surface area (Å²) in [7, 11) is 1.59. The van der Waals surface area contributed by atoms with Crippen molar-refractivity contribution in [2.45, 2.75) is 19.8 Å². The molecule has 180 valence electrons. The van der Waals surface area contributed by atoms with Gasteiger partial charge in [0, 0.05) is 46.8 Å². The van der Waals surface area contributed by atoms with Gasteiger partial charge in [0.25, 0.3) is 11.6 Å². The molecular formula is C27H27N3O5. The van der Waals surface area contributed by atoms with Gasteiger partial charge in [-0.05, 0) is 49.2 Å². The third-order valence-corrected chi connectivity index (χ3v) is 6.10. The molecule has 0 saturated carbocycles. The number of ether oxygens (including phenoxy) is 2. The van der Waals surface area contributed by atoms with E-state index in [0.717, 1.165) is 22.0 Å². The SMILES string of the molecule is CCOc1ccc(C(CNC(=O)c2cccc([N+](=O)[O-])c2C)c2c[nH]c3ccccc23)cc1OC. The third kappa shape index (κ3) is 4.82. The monoisotopic (exact) mass is 473 g/mol. The molecule has 0 aliphatic carbocycles. The molecule has 0 saturated heterocycles. The fraction of sp³-hybridized carbons (Fsp3) is 0.222. The van der Waals surface area contributed by atoms with Crippen LogP contribution in [0.4, 0.5) is 5.69 Å². The first-order valence-electron chi connectivity index (χ1n) is 11.3. The van der Waals surface area contributed by atoms with Crippen molar-refractivity contribution < 1.29 is 19.2 Å². The van der Waals surface area contributed by atoms with Crippen LogP contribution in [0.15, 0.2) is 66.9 Å². The second kappa shape index (κ2) is 10.3. The first kappa shape index (κ1) is 23.8. The molecule has 0 fully saturated rings. The van der Waals surface area contributed by atoms with Gasteiger partial charge in [0.05, 0.1) is 18.6 Å². The molecule has 8 heteroatoms. The van der Waals surface area contributed by atoms with Crippen LogP contribution in [0, 0.1) is 17.0 Å². The van der Waals surface area contributed by atoms with Crippen LogP contribution in [0.2, 0.25) is 0 Å². The summed E-state index contributed by atoms with van der Waals surface area (Å²) in [4.78, 5) is 27.2. The highest BCUT2D eigenvalue weighted by Gasteiger charge is 2.23. The lowest BCUT2D eigenvalue weighted by atomic mass is 9.90. The predicted molar refractivity (Wildman–Crippen MR) is 134 cm³/mol. The second-order valence-corrected chi connectivity index (χ2v) is 8.10. The Bertz CT molecular complexity index is 1380. The van der Waals surface area contributed by atoms with Gasteiger partial charge in [-0.3, -0.25) is 14.9 Å². The third-order valence-electron chi connectivity index (χ3n) is 6.10. The standard InChI is InChI=1S/C27H27N3O5/c1-4-35-25-13-12-18(14-26(25)34-3)21(22-16-28-23-10-6-5-8-20(22)23)15-29-27(31)19-9-7-11-24(17(19)2)30(32)33/h5-14,16,21,28H,4,15H2,1-3H3,(H,29,31). The Kier molecular flexibility index (Phi) is 7.01. The van der Waals surface area contributed by atoms with Crippen molar-refractivity contribution in [1.29, 1.82) is 0 Å². The summed E-state index contributed by atoms with van der Waals surface area (Å²) in [5.41, 5.74) is 3.48. The molecule has 0 bridgehead atoms. The maximum atomic E-state index is 13.1. The Hall–Kier alpha value is -4.33. The number of methoxy groups -OCH3 is 1. The Labute approximate surface area is 203 Å². The number of benzene rings is 3. The van der Waals surface area contributed by atoms with Gasteiger partial charge in [-0.1, -0.05) is 30.3 Å². The summed E-state index contributed by atoms with van der Waals surface area (Å²) >= 11 is 0. The highest BCUT2D eigenvalue weighted by molar-refractivity contribution is 5.96. The van der Waals surface area contributed by atoms with Crippen LogP contribution in [0.5, 0.6) is 11.5 Å². The molecule has 0 spiro atoms. The number of H-pyrrole nitrogens is 1. The van der Waals surface area contributed by atoms with E-state index in [1.54, 1.807) is 20.1 Å². The van der Waals surface area contributed by atoms with Gasteiger partial charge in [0.15, 0.2) is 11.5 Å². The van der Waals surface area contributed by atoms with Crippen molar-refractivity contribution >= 4 is 22.5 Å². The van der Waals surface area contributed by atoms with E-state index in [1.807, 2.05) is 55.6 Å². The summed E-state index contributed by atoms with van der Waals surface area (Å²) in [5, 5.41) is 15.3. The first-order valence-corrected chi connectivity index (χ1v) is 11.3. The van der Waals surface area contributed by atoms with E-state index in [-0.39, 0.29) is 29.6 Å². The Morgan fingerprint density at radius 2 is 1.91 bits per heavy atom. The topological polar surface area (TPSA) is 106 Å². The fourth-order valence-electron chi connectivity index (χ4n) is 4.32. The number of nitrogens with zero attached hydrogens (tertiary/aromatic N) is 1. The lowest BCUT2D eigenvalue weighted by Crippen LogP contribution is -2.29. The number of hydrogen-bond donors (Lipinski definition) is 2. The highest BCUT2D eigenvalue weighted by Crippen LogP contribution is 2.36. The van der Waals surface area contributed by atoms with Crippen molar-refractivity contribution in [1.82, 2.24) is 10.3 Å². The van der Waals surface area contributed by atoms with E-state index in [9.17, 15) is 14.9 Å². The van der Waals surface area contributed by atoms with E-state index in [4.69, 9.17) is 9.47 Å². The Morgan fingerprint density at radius 3 is 2.66 bits per heavy atom. The number of amides is 1. The van der Waals surface area contributed by atoms with Crippen LogP contribution in [0.1, 0.15) is 39.9 Å². The van der Waals surface area contributed by atoms with Gasteiger partial charge in [0.2, 0.25) is 0 Å². The number of nitrogens with one attached hydrogen (secondary N) is 2. The smallest absolute Gasteiger partial charge is 0.273 e. The lowest BCUT2D eigenvalue weighted by molar-refractivity contribution is -0.385. The van der Waals surface area contributed by atoms with E-state index >= 15 is 0 Å². The molecule has 3 aromatic carbocycles. The number of carbonyl (C=O) groups is 1. The molecule has 0 radical (unpaired) electrons. The molecule has 1 amide bonds. The molecule has 0 aliphatic rings. The summed E-state index contributed by atoms with van der Waals surface area (Å²) in [6.45, 7) is 4.29. The van der Waals surface area contributed by atoms with Crippen LogP contribution in [0.25, 0.3) is 10.9 Å². The molecule has 4 aromatic rings. The summed E-state index contributed by atoms with van der Waals surface area (Å²) in [5.74, 6) is 0.676. The van der Waals surface area contributed by atoms with Crippen LogP contribution in [0.3, 0.4) is 0 Å². The van der Waals surface area contributed by atoms with Crippen LogP contribution in [-0.4, -0.2) is 36.1 Å². The van der Waals surface area contributed by atoms with Crippen LogP contribution in [-0.2, 0) is 0 Å². The van der Waals surface area contributed by atoms with E-state index in [2.05, 4.69) is 10.3 Å². The average Bonchev–Trinajstić information content (AvgIpc) is 3.29. The molecule has 1 unspecified atom stereocenters. The molecule has 8 nitrogen and oxygen atoms in total. The fourth-order valence-corrected chi connectivity index (χ4v) is 4.32. The largest absolute Gasteiger partial charge is 0.493 e. The van der Waals surface area contributed by atoms with Crippen molar-refractivity contribution in [3.8, 4) is 11.5 Å². The Balaban J connectivity index is 1.70. The summed E-state index contributed by atoms with van der Waals surface area (Å²) in [6, 6.07) is 18.2.